The summed E-state index contributed by atoms with van der Waals surface area (Å²) < 4.78 is 0. The molecule has 0 bridgehead atoms. The lowest BCUT2D eigenvalue weighted by Crippen LogP contribution is -2.32. The van der Waals surface area contributed by atoms with Gasteiger partial charge in [-0.3, -0.25) is 0 Å². The van der Waals surface area contributed by atoms with Gasteiger partial charge in [-0.25, -0.2) is 0 Å². The average Bonchev–Trinajstić information content (AvgIpc) is 2.64. The molecule has 0 aliphatic heterocycles. The fourth-order valence-corrected chi connectivity index (χ4v) is 3.59. The Hall–Kier alpha value is -0.340. The molecular formula is C13H21NS. The first-order chi connectivity index (χ1) is 7.35. The van der Waals surface area contributed by atoms with E-state index in [-0.39, 0.29) is 0 Å². The topological polar surface area (TPSA) is 26.0 Å². The van der Waals surface area contributed by atoms with Crippen molar-refractivity contribution in [3.63, 3.8) is 0 Å². The Kier molecular flexibility index (Phi) is 3.81. The van der Waals surface area contributed by atoms with Crippen molar-refractivity contribution in [1.82, 2.24) is 0 Å². The molecule has 1 aliphatic rings. The molecule has 2 heteroatoms. The van der Waals surface area contributed by atoms with Crippen LogP contribution in [0.5, 0.6) is 0 Å². The molecule has 1 saturated carbocycles. The molecule has 1 heterocycles. The molecule has 1 nitrogen and oxygen atoms in total. The van der Waals surface area contributed by atoms with Crippen LogP contribution in [0.4, 0.5) is 0 Å². The lowest BCUT2D eigenvalue weighted by atomic mass is 9.77. The van der Waals surface area contributed by atoms with Gasteiger partial charge in [0, 0.05) is 4.88 Å². The van der Waals surface area contributed by atoms with Crippen LogP contribution in [0.2, 0.25) is 0 Å². The highest BCUT2D eigenvalue weighted by molar-refractivity contribution is 7.09. The number of rotatable bonds is 3. The van der Waals surface area contributed by atoms with E-state index >= 15 is 0 Å². The van der Waals surface area contributed by atoms with Crippen LogP contribution in [-0.2, 0) is 6.42 Å². The molecule has 0 aromatic carbocycles. The van der Waals surface area contributed by atoms with Gasteiger partial charge < -0.3 is 5.73 Å². The Morgan fingerprint density at radius 1 is 1.20 bits per heavy atom. The normalized spacial score (nSPS) is 21.1. The quantitative estimate of drug-likeness (QED) is 0.779. The Morgan fingerprint density at radius 3 is 2.47 bits per heavy atom. The van der Waals surface area contributed by atoms with Crippen LogP contribution in [-0.4, -0.2) is 6.54 Å². The van der Waals surface area contributed by atoms with Gasteiger partial charge in [0.2, 0.25) is 0 Å². The predicted octanol–water partition coefficient (Wildman–Crippen LogP) is 3.59. The molecule has 2 N–H and O–H groups in total. The highest BCUT2D eigenvalue weighted by atomic mass is 32.1. The molecule has 0 unspecified atom stereocenters. The van der Waals surface area contributed by atoms with Gasteiger partial charge in [-0.1, -0.05) is 31.7 Å². The standard InChI is InChI=1S/C13H21NS/c14-11-13(7-3-1-2-4-8-13)10-12-6-5-9-15-12/h5-6,9H,1-4,7-8,10-11,14H2. The lowest BCUT2D eigenvalue weighted by Gasteiger charge is -2.31. The van der Waals surface area contributed by atoms with Crippen LogP contribution in [0.1, 0.15) is 43.4 Å². The van der Waals surface area contributed by atoms with Crippen LogP contribution in [0, 0.1) is 5.41 Å². The molecule has 0 radical (unpaired) electrons. The summed E-state index contributed by atoms with van der Waals surface area (Å²) >= 11 is 1.88. The second kappa shape index (κ2) is 5.13. The van der Waals surface area contributed by atoms with Gasteiger partial charge >= 0.3 is 0 Å². The molecule has 84 valence electrons. The van der Waals surface area contributed by atoms with Crippen molar-refractivity contribution in [2.45, 2.75) is 44.9 Å². The average molecular weight is 223 g/mol. The minimum absolute atomic E-state index is 0.418. The SMILES string of the molecule is NCC1(Cc2cccs2)CCCCCC1. The van der Waals surface area contributed by atoms with Crippen molar-refractivity contribution in [3.05, 3.63) is 22.4 Å². The van der Waals surface area contributed by atoms with Crippen LogP contribution in [0.15, 0.2) is 17.5 Å². The second-order valence-electron chi connectivity index (χ2n) is 4.87. The van der Waals surface area contributed by atoms with Crippen LogP contribution < -0.4 is 5.73 Å². The van der Waals surface area contributed by atoms with E-state index in [1.807, 2.05) is 11.3 Å². The minimum atomic E-state index is 0.418. The van der Waals surface area contributed by atoms with Crippen molar-refractivity contribution in [2.24, 2.45) is 11.1 Å². The first kappa shape index (κ1) is 11.2. The van der Waals surface area contributed by atoms with Crippen molar-refractivity contribution in [2.75, 3.05) is 6.54 Å². The van der Waals surface area contributed by atoms with E-state index in [1.165, 1.54) is 49.8 Å². The van der Waals surface area contributed by atoms with Gasteiger partial charge in [0.05, 0.1) is 0 Å². The Balaban J connectivity index is 2.05. The van der Waals surface area contributed by atoms with E-state index in [0.717, 1.165) is 6.54 Å². The fraction of sp³-hybridized carbons (Fsp3) is 0.692. The Labute approximate surface area is 96.7 Å². The van der Waals surface area contributed by atoms with Crippen molar-refractivity contribution >= 4 is 11.3 Å². The number of thiophene rings is 1. The molecule has 1 fully saturated rings. The van der Waals surface area contributed by atoms with Crippen LogP contribution in [0.25, 0.3) is 0 Å². The van der Waals surface area contributed by atoms with Crippen molar-refractivity contribution < 1.29 is 0 Å². The van der Waals surface area contributed by atoms with E-state index in [1.54, 1.807) is 0 Å². The van der Waals surface area contributed by atoms with Crippen LogP contribution >= 0.6 is 11.3 Å². The smallest absolute Gasteiger partial charge is 0.00512 e. The van der Waals surface area contributed by atoms with Crippen molar-refractivity contribution in [3.8, 4) is 0 Å². The molecule has 1 aliphatic carbocycles. The lowest BCUT2D eigenvalue weighted by molar-refractivity contribution is 0.254. The summed E-state index contributed by atoms with van der Waals surface area (Å²) in [6, 6.07) is 4.41. The number of nitrogens with two attached hydrogens (primary N) is 1. The summed E-state index contributed by atoms with van der Waals surface area (Å²) in [5.41, 5.74) is 6.45. The summed E-state index contributed by atoms with van der Waals surface area (Å²) in [5.74, 6) is 0. The van der Waals surface area contributed by atoms with E-state index in [0.29, 0.717) is 5.41 Å². The molecule has 0 spiro atoms. The fourth-order valence-electron chi connectivity index (χ4n) is 2.71. The van der Waals surface area contributed by atoms with E-state index < -0.39 is 0 Å². The maximum atomic E-state index is 6.03. The van der Waals surface area contributed by atoms with Gasteiger partial charge in [-0.05, 0) is 42.7 Å². The zero-order valence-corrected chi connectivity index (χ0v) is 10.2. The van der Waals surface area contributed by atoms with E-state index in [2.05, 4.69) is 17.5 Å². The van der Waals surface area contributed by atoms with Gasteiger partial charge in [0.25, 0.3) is 0 Å². The molecular weight excluding hydrogens is 202 g/mol. The van der Waals surface area contributed by atoms with Gasteiger partial charge in [-0.2, -0.15) is 0 Å². The summed E-state index contributed by atoms with van der Waals surface area (Å²) in [4.78, 5) is 1.52. The molecule has 15 heavy (non-hydrogen) atoms. The highest BCUT2D eigenvalue weighted by Gasteiger charge is 2.29. The van der Waals surface area contributed by atoms with Crippen LogP contribution in [0.3, 0.4) is 0 Å². The molecule has 0 amide bonds. The minimum Gasteiger partial charge on any atom is -0.330 e. The third-order valence-corrected chi connectivity index (χ3v) is 4.60. The third kappa shape index (κ3) is 2.82. The summed E-state index contributed by atoms with van der Waals surface area (Å²) in [5, 5.41) is 2.18. The highest BCUT2D eigenvalue weighted by Crippen LogP contribution is 2.37. The maximum absolute atomic E-state index is 6.03. The monoisotopic (exact) mass is 223 g/mol. The zero-order valence-electron chi connectivity index (χ0n) is 9.37. The predicted molar refractivity (Wildman–Crippen MR) is 67.2 cm³/mol. The van der Waals surface area contributed by atoms with E-state index in [4.69, 9.17) is 5.73 Å². The first-order valence-electron chi connectivity index (χ1n) is 6.07. The maximum Gasteiger partial charge on any atom is 0.00512 e. The Morgan fingerprint density at radius 2 is 1.93 bits per heavy atom. The summed E-state index contributed by atoms with van der Waals surface area (Å²) in [6.07, 6.45) is 9.45. The van der Waals surface area contributed by atoms with E-state index in [9.17, 15) is 0 Å². The molecule has 0 atom stereocenters. The molecule has 2 rings (SSSR count). The molecule has 1 aromatic heterocycles. The zero-order chi connectivity index (χ0) is 10.6. The first-order valence-corrected chi connectivity index (χ1v) is 6.95. The van der Waals surface area contributed by atoms with Gasteiger partial charge in [-0.15, -0.1) is 11.3 Å². The molecule has 1 aromatic rings. The second-order valence-corrected chi connectivity index (χ2v) is 5.91. The number of hydrogen-bond acceptors (Lipinski definition) is 2. The van der Waals surface area contributed by atoms with Gasteiger partial charge in [0.15, 0.2) is 0 Å². The largest absolute Gasteiger partial charge is 0.330 e. The third-order valence-electron chi connectivity index (χ3n) is 3.73. The summed E-state index contributed by atoms with van der Waals surface area (Å²) in [6.45, 7) is 0.866. The number of hydrogen-bond donors (Lipinski definition) is 1. The summed E-state index contributed by atoms with van der Waals surface area (Å²) in [7, 11) is 0. The van der Waals surface area contributed by atoms with Crippen molar-refractivity contribution in [1.29, 1.82) is 0 Å². The Bertz CT molecular complexity index is 271. The molecule has 0 saturated heterocycles. The van der Waals surface area contributed by atoms with Gasteiger partial charge in [0.1, 0.15) is 0 Å².